The predicted molar refractivity (Wildman–Crippen MR) is 57.0 cm³/mol. The fourth-order valence-electron chi connectivity index (χ4n) is 2.38. The van der Waals surface area contributed by atoms with E-state index in [-0.39, 0.29) is 11.7 Å². The second kappa shape index (κ2) is 3.58. The number of likely N-dealkylation sites (N-methyl/N-ethyl adjacent to an activating group) is 1. The average molecular weight is 209 g/mol. The Kier molecular flexibility index (Phi) is 2.52. The molecule has 1 aliphatic rings. The van der Waals surface area contributed by atoms with Gasteiger partial charge in [-0.25, -0.2) is 4.39 Å². The van der Waals surface area contributed by atoms with Gasteiger partial charge in [0.2, 0.25) is 0 Å². The molecule has 82 valence electrons. The van der Waals surface area contributed by atoms with Gasteiger partial charge in [-0.3, -0.25) is 0 Å². The maximum atomic E-state index is 13.1. The number of likely N-dealkylation sites (tertiary alicyclic amines) is 1. The molecule has 1 aromatic rings. The minimum atomic E-state index is -0.906. The van der Waals surface area contributed by atoms with Crippen LogP contribution in [0.4, 0.5) is 4.39 Å². The SMILES string of the molecule is C[C@H]1CN(C)C[C@@]1(O)c1cccc(F)c1. The highest BCUT2D eigenvalue weighted by Gasteiger charge is 2.42. The summed E-state index contributed by atoms with van der Waals surface area (Å²) < 4.78 is 13.1. The molecule has 0 radical (unpaired) electrons. The predicted octanol–water partition coefficient (Wildman–Crippen LogP) is 1.59. The van der Waals surface area contributed by atoms with Crippen LogP contribution in [0.2, 0.25) is 0 Å². The van der Waals surface area contributed by atoms with Gasteiger partial charge < -0.3 is 10.0 Å². The molecular formula is C12H16FNO. The number of β-amino-alcohol motifs (C(OH)–C–C–N with tert-alkyl or cyclic N) is 1. The van der Waals surface area contributed by atoms with E-state index in [2.05, 4.69) is 4.90 Å². The van der Waals surface area contributed by atoms with Crippen LogP contribution < -0.4 is 0 Å². The molecule has 1 heterocycles. The third-order valence-electron chi connectivity index (χ3n) is 3.24. The van der Waals surface area contributed by atoms with Gasteiger partial charge in [-0.05, 0) is 24.7 Å². The van der Waals surface area contributed by atoms with Crippen molar-refractivity contribution in [1.82, 2.24) is 4.90 Å². The number of rotatable bonds is 1. The van der Waals surface area contributed by atoms with Gasteiger partial charge in [0.1, 0.15) is 11.4 Å². The molecule has 1 aromatic carbocycles. The van der Waals surface area contributed by atoms with E-state index in [1.807, 2.05) is 14.0 Å². The number of hydrogen-bond donors (Lipinski definition) is 1. The van der Waals surface area contributed by atoms with E-state index >= 15 is 0 Å². The molecule has 0 amide bonds. The molecule has 15 heavy (non-hydrogen) atoms. The van der Waals surface area contributed by atoms with Crippen LogP contribution in [0.25, 0.3) is 0 Å². The number of nitrogens with zero attached hydrogens (tertiary/aromatic N) is 1. The normalized spacial score (nSPS) is 32.1. The molecular weight excluding hydrogens is 193 g/mol. The van der Waals surface area contributed by atoms with Gasteiger partial charge in [0, 0.05) is 19.0 Å². The molecule has 2 atom stereocenters. The number of benzene rings is 1. The molecule has 1 saturated heterocycles. The molecule has 0 unspecified atom stereocenters. The summed E-state index contributed by atoms with van der Waals surface area (Å²) in [6, 6.07) is 6.26. The molecule has 0 bridgehead atoms. The Morgan fingerprint density at radius 1 is 1.53 bits per heavy atom. The maximum absolute atomic E-state index is 13.1. The monoisotopic (exact) mass is 209 g/mol. The van der Waals surface area contributed by atoms with Crippen LogP contribution in [-0.2, 0) is 5.60 Å². The van der Waals surface area contributed by atoms with Crippen LogP contribution in [0.15, 0.2) is 24.3 Å². The lowest BCUT2D eigenvalue weighted by atomic mass is 9.85. The molecule has 0 spiro atoms. The van der Waals surface area contributed by atoms with Crippen molar-refractivity contribution >= 4 is 0 Å². The Morgan fingerprint density at radius 3 is 2.80 bits per heavy atom. The fraction of sp³-hybridized carbons (Fsp3) is 0.500. The second-order valence-electron chi connectivity index (χ2n) is 4.53. The van der Waals surface area contributed by atoms with Crippen molar-refractivity contribution in [2.24, 2.45) is 5.92 Å². The fourth-order valence-corrected chi connectivity index (χ4v) is 2.38. The van der Waals surface area contributed by atoms with Crippen LogP contribution in [-0.4, -0.2) is 30.1 Å². The Balaban J connectivity index is 2.37. The molecule has 1 aliphatic heterocycles. The van der Waals surface area contributed by atoms with E-state index < -0.39 is 5.60 Å². The molecule has 0 aromatic heterocycles. The minimum absolute atomic E-state index is 0.129. The highest BCUT2D eigenvalue weighted by Crippen LogP contribution is 2.36. The second-order valence-corrected chi connectivity index (χ2v) is 4.53. The van der Waals surface area contributed by atoms with Crippen LogP contribution in [0, 0.1) is 11.7 Å². The standard InChI is InChI=1S/C12H16FNO/c1-9-7-14(2)8-12(9,15)10-4-3-5-11(13)6-10/h3-6,9,15H,7-8H2,1-2H3/t9-,12-/m0/s1. The third-order valence-corrected chi connectivity index (χ3v) is 3.24. The maximum Gasteiger partial charge on any atom is 0.123 e. The van der Waals surface area contributed by atoms with E-state index in [0.29, 0.717) is 12.1 Å². The first-order chi connectivity index (χ1) is 7.02. The molecule has 0 saturated carbocycles. The molecule has 0 aliphatic carbocycles. The molecule has 2 nitrogen and oxygen atoms in total. The highest BCUT2D eigenvalue weighted by atomic mass is 19.1. The summed E-state index contributed by atoms with van der Waals surface area (Å²) in [5.74, 6) is -0.160. The van der Waals surface area contributed by atoms with Crippen LogP contribution in [0.5, 0.6) is 0 Å². The van der Waals surface area contributed by atoms with Crippen molar-refractivity contribution in [3.05, 3.63) is 35.6 Å². The summed E-state index contributed by atoms with van der Waals surface area (Å²) in [5.41, 5.74) is -0.226. The Labute approximate surface area is 89.3 Å². The van der Waals surface area contributed by atoms with Gasteiger partial charge in [0.15, 0.2) is 0 Å². The van der Waals surface area contributed by atoms with Gasteiger partial charge in [-0.1, -0.05) is 19.1 Å². The molecule has 1 fully saturated rings. The quantitative estimate of drug-likeness (QED) is 0.759. The van der Waals surface area contributed by atoms with Gasteiger partial charge in [-0.15, -0.1) is 0 Å². The zero-order valence-electron chi connectivity index (χ0n) is 9.07. The average Bonchev–Trinajstić information content (AvgIpc) is 2.42. The topological polar surface area (TPSA) is 23.5 Å². The smallest absolute Gasteiger partial charge is 0.123 e. The first-order valence-corrected chi connectivity index (χ1v) is 5.19. The van der Waals surface area contributed by atoms with Gasteiger partial charge >= 0.3 is 0 Å². The largest absolute Gasteiger partial charge is 0.383 e. The lowest BCUT2D eigenvalue weighted by molar-refractivity contribution is 0.0143. The molecule has 2 rings (SSSR count). The first-order valence-electron chi connectivity index (χ1n) is 5.19. The van der Waals surface area contributed by atoms with Crippen molar-refractivity contribution in [1.29, 1.82) is 0 Å². The van der Waals surface area contributed by atoms with Gasteiger partial charge in [0.05, 0.1) is 0 Å². The Hall–Kier alpha value is -0.930. The summed E-state index contributed by atoms with van der Waals surface area (Å²) in [5, 5.41) is 10.5. The van der Waals surface area contributed by atoms with Crippen molar-refractivity contribution in [2.75, 3.05) is 20.1 Å². The van der Waals surface area contributed by atoms with Gasteiger partial charge in [0.25, 0.3) is 0 Å². The van der Waals surface area contributed by atoms with Crippen molar-refractivity contribution in [3.8, 4) is 0 Å². The Bertz CT molecular complexity index is 368. The number of aliphatic hydroxyl groups is 1. The molecule has 3 heteroatoms. The van der Waals surface area contributed by atoms with Gasteiger partial charge in [-0.2, -0.15) is 0 Å². The van der Waals surface area contributed by atoms with Crippen LogP contribution in [0.1, 0.15) is 12.5 Å². The summed E-state index contributed by atoms with van der Waals surface area (Å²) in [4.78, 5) is 2.07. The first kappa shape index (κ1) is 10.6. The molecule has 1 N–H and O–H groups in total. The highest BCUT2D eigenvalue weighted by molar-refractivity contribution is 5.26. The lowest BCUT2D eigenvalue weighted by Gasteiger charge is -2.27. The van der Waals surface area contributed by atoms with Crippen LogP contribution in [0.3, 0.4) is 0 Å². The van der Waals surface area contributed by atoms with Crippen molar-refractivity contribution < 1.29 is 9.50 Å². The van der Waals surface area contributed by atoms with Crippen LogP contribution >= 0.6 is 0 Å². The summed E-state index contributed by atoms with van der Waals surface area (Å²) in [6.45, 7) is 3.40. The zero-order chi connectivity index (χ0) is 11.1. The summed E-state index contributed by atoms with van der Waals surface area (Å²) in [6.07, 6.45) is 0. The summed E-state index contributed by atoms with van der Waals surface area (Å²) in [7, 11) is 1.97. The minimum Gasteiger partial charge on any atom is -0.383 e. The lowest BCUT2D eigenvalue weighted by Crippen LogP contribution is -2.33. The number of hydrogen-bond acceptors (Lipinski definition) is 2. The Morgan fingerprint density at radius 2 is 2.27 bits per heavy atom. The van der Waals surface area contributed by atoms with Crippen molar-refractivity contribution in [3.63, 3.8) is 0 Å². The number of halogens is 1. The van der Waals surface area contributed by atoms with E-state index in [9.17, 15) is 9.50 Å². The van der Waals surface area contributed by atoms with E-state index in [1.54, 1.807) is 12.1 Å². The van der Waals surface area contributed by atoms with E-state index in [1.165, 1.54) is 12.1 Å². The zero-order valence-corrected chi connectivity index (χ0v) is 9.07. The van der Waals surface area contributed by atoms with Crippen molar-refractivity contribution in [2.45, 2.75) is 12.5 Å². The van der Waals surface area contributed by atoms with E-state index in [0.717, 1.165) is 6.54 Å². The third kappa shape index (κ3) is 1.77. The summed E-state index contributed by atoms with van der Waals surface area (Å²) >= 11 is 0. The van der Waals surface area contributed by atoms with E-state index in [4.69, 9.17) is 0 Å².